The van der Waals surface area contributed by atoms with Crippen LogP contribution in [0.4, 0.5) is 5.69 Å². The Morgan fingerprint density at radius 3 is 2.50 bits per heavy atom. The van der Waals surface area contributed by atoms with Crippen molar-refractivity contribution in [3.8, 4) is 11.8 Å². The van der Waals surface area contributed by atoms with Gasteiger partial charge in [-0.2, -0.15) is 5.26 Å². The second-order valence-electron chi connectivity index (χ2n) is 14.5. The summed E-state index contributed by atoms with van der Waals surface area (Å²) in [5, 5.41) is 14.5. The number of nitrogens with one attached hydrogen (secondary N) is 1. The number of ketones is 1. The molecule has 2 aromatic heterocycles. The third kappa shape index (κ3) is 8.72. The molecule has 0 saturated carbocycles. The molecule has 1 N–H and O–H groups in total. The lowest BCUT2D eigenvalue weighted by Crippen LogP contribution is -2.34. The van der Waals surface area contributed by atoms with E-state index in [9.17, 15) is 24.4 Å². The molecule has 0 aliphatic carbocycles. The van der Waals surface area contributed by atoms with Crippen LogP contribution in [0.5, 0.6) is 5.75 Å². The zero-order valence-electron chi connectivity index (χ0n) is 32.7. The molecular formula is C45H45ClN4O8. The molecule has 2 aliphatic rings. The van der Waals surface area contributed by atoms with E-state index in [4.69, 9.17) is 30.2 Å². The highest BCUT2D eigenvalue weighted by molar-refractivity contribution is 6.30. The number of benzene rings is 3. The molecule has 12 nitrogen and oxygen atoms in total. The van der Waals surface area contributed by atoms with Crippen LogP contribution in [0.1, 0.15) is 64.0 Å². The number of methoxy groups -OCH3 is 1. The van der Waals surface area contributed by atoms with E-state index in [0.717, 1.165) is 60.7 Å². The number of hydrogen-bond donors (Lipinski definition) is 1. The Balaban J connectivity index is 0.844. The van der Waals surface area contributed by atoms with Crippen molar-refractivity contribution < 1.29 is 33.0 Å². The minimum absolute atomic E-state index is 0.0197. The predicted octanol–water partition coefficient (Wildman–Crippen LogP) is 6.75. The van der Waals surface area contributed by atoms with Crippen LogP contribution in [-0.2, 0) is 38.3 Å². The molecule has 4 heterocycles. The summed E-state index contributed by atoms with van der Waals surface area (Å²) in [5.74, 6) is -0.180. The lowest BCUT2D eigenvalue weighted by atomic mass is 9.90. The number of hydrogen-bond acceptors (Lipinski definition) is 10. The summed E-state index contributed by atoms with van der Waals surface area (Å²) in [6.45, 7) is 5.12. The number of nitriles is 1. The number of rotatable bonds is 16. The zero-order chi connectivity index (χ0) is 40.8. The van der Waals surface area contributed by atoms with Crippen LogP contribution in [0.25, 0.3) is 27.9 Å². The molecule has 0 unspecified atom stereocenters. The van der Waals surface area contributed by atoms with Gasteiger partial charge in [0.2, 0.25) is 0 Å². The number of aryl methyl sites for hydroxylation is 2. The first-order valence-corrected chi connectivity index (χ1v) is 20.0. The molecule has 2 aliphatic heterocycles. The first kappa shape index (κ1) is 40.5. The van der Waals surface area contributed by atoms with Crippen LogP contribution in [0.3, 0.4) is 0 Å². The third-order valence-electron chi connectivity index (χ3n) is 10.8. The summed E-state index contributed by atoms with van der Waals surface area (Å²) in [6, 6.07) is 17.8. The maximum Gasteiger partial charge on any atom is 0.343 e. The molecule has 5 aromatic rings. The first-order valence-electron chi connectivity index (χ1n) is 19.6. The molecule has 0 atom stereocenters. The normalized spacial score (nSPS) is 13.7. The second-order valence-corrected chi connectivity index (χ2v) is 15.0. The van der Waals surface area contributed by atoms with Crippen molar-refractivity contribution in [2.24, 2.45) is 0 Å². The number of carbonyl (C=O) groups is 3. The van der Waals surface area contributed by atoms with Crippen LogP contribution >= 0.6 is 11.6 Å². The van der Waals surface area contributed by atoms with Crippen molar-refractivity contribution in [1.29, 1.82) is 5.26 Å². The van der Waals surface area contributed by atoms with Gasteiger partial charge in [-0.25, -0.2) is 4.79 Å². The van der Waals surface area contributed by atoms with Gasteiger partial charge in [0.25, 0.3) is 11.8 Å². The predicted molar refractivity (Wildman–Crippen MR) is 222 cm³/mol. The van der Waals surface area contributed by atoms with Gasteiger partial charge in [0.15, 0.2) is 0 Å². The van der Waals surface area contributed by atoms with E-state index in [-0.39, 0.29) is 49.0 Å². The van der Waals surface area contributed by atoms with E-state index in [1.54, 1.807) is 48.1 Å². The maximum absolute atomic E-state index is 13.6. The number of Topliss-reactive ketones (excluding diaryl/α,β-unsaturated/α-hetero) is 1. The summed E-state index contributed by atoms with van der Waals surface area (Å²) < 4.78 is 24.1. The standard InChI is InChI=1S/C45H45ClN4O8/c1-28-38(39-26-36(55-2)13-14-40(39)50(28)44(53)29-9-11-34(46)12-10-29)25-35(51)7-5-18-56-20-21-57-19-15-48-43(52)33(27-47)24-32-23-31-22-30-6-3-16-49-17-4-8-37(41(30)49)42(31)58-45(32)54/h9-14,22-24,26H,3-8,15-21,25H2,1-2H3,(H,48,52). The number of aromatic nitrogens is 1. The maximum atomic E-state index is 13.6. The molecule has 58 heavy (non-hydrogen) atoms. The topological polar surface area (TPSA) is 153 Å². The van der Waals surface area contributed by atoms with Crippen molar-refractivity contribution in [3.63, 3.8) is 0 Å². The first-order chi connectivity index (χ1) is 28.2. The Labute approximate surface area is 340 Å². The van der Waals surface area contributed by atoms with Gasteiger partial charge in [0.05, 0.1) is 38.0 Å². The molecule has 3 aromatic carbocycles. The summed E-state index contributed by atoms with van der Waals surface area (Å²) >= 11 is 6.04. The number of anilines is 1. The van der Waals surface area contributed by atoms with E-state index < -0.39 is 11.5 Å². The lowest BCUT2D eigenvalue weighted by molar-refractivity contribution is -0.119. The largest absolute Gasteiger partial charge is 0.497 e. The van der Waals surface area contributed by atoms with Crippen molar-refractivity contribution in [2.75, 3.05) is 58.1 Å². The molecule has 0 fully saturated rings. The van der Waals surface area contributed by atoms with Gasteiger partial charge in [0, 0.05) is 77.4 Å². The quantitative estimate of drug-likeness (QED) is 0.0491. The molecule has 0 bridgehead atoms. The number of carbonyl (C=O) groups excluding carboxylic acids is 3. The fraction of sp³-hybridized carbons (Fsp3) is 0.356. The molecular weight excluding hydrogens is 760 g/mol. The SMILES string of the molecule is COc1ccc2c(c1)c(CC(=O)CCCOCCOCCNC(=O)C(C#N)=Cc1cc3cc4c5c(c3oc1=O)CCCN5CCC4)c(C)n2C(=O)c1ccc(Cl)cc1. The Bertz CT molecular complexity index is 2510. The van der Waals surface area contributed by atoms with Crippen LogP contribution in [0.2, 0.25) is 5.02 Å². The number of halogens is 1. The van der Waals surface area contributed by atoms with E-state index in [1.165, 1.54) is 17.3 Å². The van der Waals surface area contributed by atoms with Gasteiger partial charge in [-0.3, -0.25) is 19.0 Å². The fourth-order valence-corrected chi connectivity index (χ4v) is 8.10. The molecule has 0 radical (unpaired) electrons. The van der Waals surface area contributed by atoms with Crippen LogP contribution in [0, 0.1) is 18.3 Å². The van der Waals surface area contributed by atoms with Crippen molar-refractivity contribution in [3.05, 3.63) is 109 Å². The van der Waals surface area contributed by atoms with Gasteiger partial charge in [-0.15, -0.1) is 0 Å². The average molecular weight is 805 g/mol. The summed E-state index contributed by atoms with van der Waals surface area (Å²) in [6.07, 6.45) is 6.13. The molecule has 0 spiro atoms. The van der Waals surface area contributed by atoms with Crippen molar-refractivity contribution in [2.45, 2.75) is 51.9 Å². The number of nitrogens with zero attached hydrogens (tertiary/aromatic N) is 3. The molecule has 1 amide bonds. The smallest absolute Gasteiger partial charge is 0.343 e. The molecule has 13 heteroatoms. The minimum atomic E-state index is -0.616. The summed E-state index contributed by atoms with van der Waals surface area (Å²) in [5.41, 5.74) is 6.10. The highest BCUT2D eigenvalue weighted by Gasteiger charge is 2.27. The summed E-state index contributed by atoms with van der Waals surface area (Å²) in [7, 11) is 1.57. The van der Waals surface area contributed by atoms with Gasteiger partial charge in [0.1, 0.15) is 28.8 Å². The minimum Gasteiger partial charge on any atom is -0.497 e. The number of fused-ring (bicyclic) bond motifs is 3. The Morgan fingerprint density at radius 2 is 1.74 bits per heavy atom. The highest BCUT2D eigenvalue weighted by atomic mass is 35.5. The summed E-state index contributed by atoms with van der Waals surface area (Å²) in [4.78, 5) is 54.9. The monoisotopic (exact) mass is 804 g/mol. The Morgan fingerprint density at radius 1 is 0.983 bits per heavy atom. The number of ether oxygens (including phenoxy) is 3. The molecule has 0 saturated heterocycles. The van der Waals surface area contributed by atoms with E-state index in [0.29, 0.717) is 59.2 Å². The van der Waals surface area contributed by atoms with Gasteiger partial charge < -0.3 is 28.8 Å². The van der Waals surface area contributed by atoms with E-state index >= 15 is 0 Å². The fourth-order valence-electron chi connectivity index (χ4n) is 7.97. The molecule has 300 valence electrons. The lowest BCUT2D eigenvalue weighted by Gasteiger charge is -2.37. The molecule has 7 rings (SSSR count). The second kappa shape index (κ2) is 18.2. The van der Waals surface area contributed by atoms with Gasteiger partial charge in [-0.05, 0) is 111 Å². The van der Waals surface area contributed by atoms with Gasteiger partial charge in [-0.1, -0.05) is 11.6 Å². The van der Waals surface area contributed by atoms with Crippen LogP contribution < -0.4 is 20.6 Å². The average Bonchev–Trinajstić information content (AvgIpc) is 3.50. The zero-order valence-corrected chi connectivity index (χ0v) is 33.4. The Kier molecular flexibility index (Phi) is 12.7. The van der Waals surface area contributed by atoms with Crippen molar-refractivity contribution in [1.82, 2.24) is 9.88 Å². The van der Waals surface area contributed by atoms with Crippen LogP contribution in [-0.4, -0.2) is 75.3 Å². The van der Waals surface area contributed by atoms with Crippen LogP contribution in [0.15, 0.2) is 69.4 Å². The van der Waals surface area contributed by atoms with E-state index in [1.807, 2.05) is 25.1 Å². The highest BCUT2D eigenvalue weighted by Crippen LogP contribution is 2.40. The third-order valence-corrected chi connectivity index (χ3v) is 11.0. The van der Waals surface area contributed by atoms with E-state index in [2.05, 4.69) is 16.3 Å². The Hall–Kier alpha value is -5.74. The van der Waals surface area contributed by atoms with Gasteiger partial charge >= 0.3 is 5.63 Å². The number of amides is 1. The van der Waals surface area contributed by atoms with Crippen molar-refractivity contribution >= 4 is 62.8 Å².